The lowest BCUT2D eigenvalue weighted by atomic mass is 10.1. The zero-order chi connectivity index (χ0) is 7.28. The van der Waals surface area contributed by atoms with Crippen LogP contribution in [0, 0.1) is 5.92 Å². The van der Waals surface area contributed by atoms with Crippen molar-refractivity contribution in [2.75, 3.05) is 0 Å². The second kappa shape index (κ2) is 4.42. The molecule has 1 nitrogen and oxygen atoms in total. The first-order valence-corrected chi connectivity index (χ1v) is 3.64. The van der Waals surface area contributed by atoms with Gasteiger partial charge in [0.05, 0.1) is 0 Å². The predicted molar refractivity (Wildman–Crippen MR) is 42.0 cm³/mol. The summed E-state index contributed by atoms with van der Waals surface area (Å²) in [6.45, 7) is 6.38. The molecule has 0 aliphatic carbocycles. The predicted octanol–water partition coefficient (Wildman–Crippen LogP) is 2.29. The number of unbranched alkanes of at least 4 members (excludes halogenated alkanes) is 1. The Balaban J connectivity index is 3.55. The molecule has 0 radical (unpaired) electrons. The minimum absolute atomic E-state index is 0.511. The fourth-order valence-corrected chi connectivity index (χ4v) is 0.547. The molecule has 0 atom stereocenters. The van der Waals surface area contributed by atoms with Gasteiger partial charge in [0, 0.05) is 5.70 Å². The van der Waals surface area contributed by atoms with E-state index in [1.807, 2.05) is 0 Å². The van der Waals surface area contributed by atoms with E-state index in [0.717, 1.165) is 12.1 Å². The van der Waals surface area contributed by atoms with Gasteiger partial charge in [-0.2, -0.15) is 0 Å². The van der Waals surface area contributed by atoms with E-state index in [1.165, 1.54) is 6.42 Å². The van der Waals surface area contributed by atoms with Crippen molar-refractivity contribution in [3.8, 4) is 0 Å². The van der Waals surface area contributed by atoms with Crippen LogP contribution >= 0.6 is 0 Å². The molecule has 54 valence electrons. The molecule has 0 fully saturated rings. The summed E-state index contributed by atoms with van der Waals surface area (Å²) in [6, 6.07) is 0. The zero-order valence-corrected chi connectivity index (χ0v) is 6.65. The molecule has 1 heteroatoms. The molecule has 0 heterocycles. The number of hydrogen-bond acceptors (Lipinski definition) is 1. The standard InChI is InChI=1S/C8H17N/c1-4-5-6-8(9)7(2)3/h6-7H,4-5,9H2,1-3H3/b8-6-. The third-order valence-electron chi connectivity index (χ3n) is 1.34. The van der Waals surface area contributed by atoms with Crippen LogP contribution in [0.2, 0.25) is 0 Å². The van der Waals surface area contributed by atoms with Crippen LogP contribution in [0.4, 0.5) is 0 Å². The monoisotopic (exact) mass is 127 g/mol. The highest BCUT2D eigenvalue weighted by molar-refractivity contribution is 4.98. The van der Waals surface area contributed by atoms with Gasteiger partial charge in [-0.15, -0.1) is 0 Å². The van der Waals surface area contributed by atoms with Crippen molar-refractivity contribution in [1.29, 1.82) is 0 Å². The Bertz CT molecular complexity index is 92.7. The highest BCUT2D eigenvalue weighted by atomic mass is 14.6. The van der Waals surface area contributed by atoms with Gasteiger partial charge in [-0.05, 0) is 12.3 Å². The maximum atomic E-state index is 5.66. The second-order valence-corrected chi connectivity index (χ2v) is 2.65. The third-order valence-corrected chi connectivity index (χ3v) is 1.34. The first kappa shape index (κ1) is 8.54. The molecular weight excluding hydrogens is 110 g/mol. The SMILES string of the molecule is CCC/C=C(\N)C(C)C. The van der Waals surface area contributed by atoms with E-state index in [1.54, 1.807) is 0 Å². The topological polar surface area (TPSA) is 26.0 Å². The lowest BCUT2D eigenvalue weighted by molar-refractivity contribution is 0.745. The molecular formula is C8H17N. The third kappa shape index (κ3) is 4.07. The second-order valence-electron chi connectivity index (χ2n) is 2.65. The van der Waals surface area contributed by atoms with Gasteiger partial charge in [0.2, 0.25) is 0 Å². The Morgan fingerprint density at radius 1 is 1.56 bits per heavy atom. The van der Waals surface area contributed by atoms with Crippen LogP contribution in [-0.4, -0.2) is 0 Å². The summed E-state index contributed by atoms with van der Waals surface area (Å²) < 4.78 is 0. The highest BCUT2D eigenvalue weighted by Crippen LogP contribution is 2.03. The van der Waals surface area contributed by atoms with Gasteiger partial charge in [0.15, 0.2) is 0 Å². The van der Waals surface area contributed by atoms with E-state index in [2.05, 4.69) is 26.8 Å². The molecule has 9 heavy (non-hydrogen) atoms. The van der Waals surface area contributed by atoms with Crippen molar-refractivity contribution >= 4 is 0 Å². The quantitative estimate of drug-likeness (QED) is 0.618. The molecule has 0 unspecified atom stereocenters. The van der Waals surface area contributed by atoms with Crippen LogP contribution in [0.25, 0.3) is 0 Å². The van der Waals surface area contributed by atoms with Crippen molar-refractivity contribution in [2.24, 2.45) is 11.7 Å². The van der Waals surface area contributed by atoms with Gasteiger partial charge in [0.25, 0.3) is 0 Å². The summed E-state index contributed by atoms with van der Waals surface area (Å²) in [6.07, 6.45) is 4.42. The lowest BCUT2D eigenvalue weighted by Crippen LogP contribution is -2.04. The zero-order valence-electron chi connectivity index (χ0n) is 6.65. The normalized spacial score (nSPS) is 12.7. The molecule has 0 aliphatic rings. The Labute approximate surface area is 57.9 Å². The summed E-state index contributed by atoms with van der Waals surface area (Å²) in [7, 11) is 0. The maximum absolute atomic E-state index is 5.66. The minimum Gasteiger partial charge on any atom is -0.402 e. The van der Waals surface area contributed by atoms with Gasteiger partial charge in [0.1, 0.15) is 0 Å². The highest BCUT2D eigenvalue weighted by Gasteiger charge is 1.93. The first-order chi connectivity index (χ1) is 4.18. The van der Waals surface area contributed by atoms with E-state index in [0.29, 0.717) is 5.92 Å². The Morgan fingerprint density at radius 2 is 2.11 bits per heavy atom. The van der Waals surface area contributed by atoms with E-state index in [-0.39, 0.29) is 0 Å². The van der Waals surface area contributed by atoms with E-state index >= 15 is 0 Å². The molecule has 2 N–H and O–H groups in total. The van der Waals surface area contributed by atoms with Gasteiger partial charge in [-0.3, -0.25) is 0 Å². The molecule has 0 aliphatic heterocycles. The number of rotatable bonds is 3. The summed E-state index contributed by atoms with van der Waals surface area (Å²) in [4.78, 5) is 0. The number of allylic oxidation sites excluding steroid dienone is 2. The van der Waals surface area contributed by atoms with Gasteiger partial charge >= 0.3 is 0 Å². The molecule has 0 aromatic carbocycles. The number of nitrogens with two attached hydrogens (primary N) is 1. The Hall–Kier alpha value is -0.460. The van der Waals surface area contributed by atoms with Crippen LogP contribution < -0.4 is 5.73 Å². The van der Waals surface area contributed by atoms with Crippen molar-refractivity contribution < 1.29 is 0 Å². The lowest BCUT2D eigenvalue weighted by Gasteiger charge is -2.02. The van der Waals surface area contributed by atoms with Gasteiger partial charge < -0.3 is 5.73 Å². The fraction of sp³-hybridized carbons (Fsp3) is 0.750. The van der Waals surface area contributed by atoms with Gasteiger partial charge in [-0.25, -0.2) is 0 Å². The summed E-state index contributed by atoms with van der Waals surface area (Å²) in [5, 5.41) is 0. The van der Waals surface area contributed by atoms with Crippen LogP contribution in [0.3, 0.4) is 0 Å². The summed E-state index contributed by atoms with van der Waals surface area (Å²) in [5.74, 6) is 0.511. The molecule has 0 bridgehead atoms. The molecule has 0 aromatic rings. The first-order valence-electron chi connectivity index (χ1n) is 3.64. The smallest absolute Gasteiger partial charge is 0.00659 e. The Kier molecular flexibility index (Phi) is 4.20. The number of hydrogen-bond donors (Lipinski definition) is 1. The average Bonchev–Trinajstić information content (AvgIpc) is 1.82. The van der Waals surface area contributed by atoms with Crippen molar-refractivity contribution in [3.05, 3.63) is 11.8 Å². The van der Waals surface area contributed by atoms with E-state index < -0.39 is 0 Å². The van der Waals surface area contributed by atoms with Crippen molar-refractivity contribution in [1.82, 2.24) is 0 Å². The molecule has 0 saturated carbocycles. The molecule has 0 aromatic heterocycles. The van der Waals surface area contributed by atoms with Crippen LogP contribution in [0.1, 0.15) is 33.6 Å². The van der Waals surface area contributed by atoms with Crippen molar-refractivity contribution in [3.63, 3.8) is 0 Å². The van der Waals surface area contributed by atoms with Crippen LogP contribution in [0.5, 0.6) is 0 Å². The largest absolute Gasteiger partial charge is 0.402 e. The fourth-order valence-electron chi connectivity index (χ4n) is 0.547. The van der Waals surface area contributed by atoms with Crippen molar-refractivity contribution in [2.45, 2.75) is 33.6 Å². The molecule has 0 spiro atoms. The van der Waals surface area contributed by atoms with E-state index in [4.69, 9.17) is 5.73 Å². The van der Waals surface area contributed by atoms with Gasteiger partial charge in [-0.1, -0.05) is 33.3 Å². The van der Waals surface area contributed by atoms with Crippen LogP contribution in [-0.2, 0) is 0 Å². The maximum Gasteiger partial charge on any atom is 0.00659 e. The Morgan fingerprint density at radius 3 is 2.44 bits per heavy atom. The summed E-state index contributed by atoms with van der Waals surface area (Å²) >= 11 is 0. The molecule has 0 saturated heterocycles. The average molecular weight is 127 g/mol. The van der Waals surface area contributed by atoms with Crippen LogP contribution in [0.15, 0.2) is 11.8 Å². The minimum atomic E-state index is 0.511. The molecule has 0 amide bonds. The summed E-state index contributed by atoms with van der Waals surface area (Å²) in [5.41, 5.74) is 6.69. The molecule has 0 rings (SSSR count). The van der Waals surface area contributed by atoms with E-state index in [9.17, 15) is 0 Å².